The first-order chi connectivity index (χ1) is 27.3. The number of thioether (sulfide) groups is 1. The van der Waals surface area contributed by atoms with Crippen molar-refractivity contribution in [2.24, 2.45) is 16.8 Å². The molecule has 0 spiro atoms. The molecule has 4 aliphatic heterocycles. The molecule has 7 rings (SSSR count). The van der Waals surface area contributed by atoms with E-state index in [1.807, 2.05) is 24.8 Å². The summed E-state index contributed by atoms with van der Waals surface area (Å²) in [6, 6.07) is 6.49. The largest absolute Gasteiger partial charge is 0.475 e. The number of rotatable bonds is 12. The average molecular weight is 811 g/mol. The number of fused-ring (bicyclic) bond motifs is 3. The van der Waals surface area contributed by atoms with E-state index in [0.717, 1.165) is 50.2 Å². The van der Waals surface area contributed by atoms with Gasteiger partial charge in [0.1, 0.15) is 29.0 Å². The maximum atomic E-state index is 17.3. The molecule has 3 unspecified atom stereocenters. The number of alkyl halides is 3. The highest BCUT2D eigenvalue weighted by molar-refractivity contribution is 8.15. The molecule has 4 aliphatic rings. The standard InChI is InChI=1S/C40H43F5N8O3S/c1-21(2)28(19-54)31-15-32(51-56-31)55-20-22-8-11-52(12-9-22)13-10-49-36-26(39(48-3)53-17-23-4-5-24(18-53)50-23)14-29(40(43,44)45)34(35(36)42)25-6-7-30(41)37-33(25)27(16-46)38(47)57-37/h6-7,14-15,19,21-24,28,47,49-50H,3-5,8-13,17-18,20H2,1-2H3/b34-25+,39-26+,47-38?. The highest BCUT2D eigenvalue weighted by atomic mass is 32.2. The lowest BCUT2D eigenvalue weighted by Gasteiger charge is -2.35. The summed E-state index contributed by atoms with van der Waals surface area (Å²) in [5.41, 5.74) is -1.86. The summed E-state index contributed by atoms with van der Waals surface area (Å²) in [5, 5.41) is 26.8. The van der Waals surface area contributed by atoms with Gasteiger partial charge in [0.2, 0.25) is 0 Å². The van der Waals surface area contributed by atoms with Gasteiger partial charge in [0.15, 0.2) is 11.6 Å². The van der Waals surface area contributed by atoms with E-state index in [0.29, 0.717) is 62.7 Å². The molecule has 3 fully saturated rings. The first-order valence-corrected chi connectivity index (χ1v) is 19.8. The number of carbonyl (C=O) groups excluding carboxylic acids is 1. The minimum atomic E-state index is -5.07. The van der Waals surface area contributed by atoms with Crippen LogP contribution in [0, 0.1) is 50.6 Å². The van der Waals surface area contributed by atoms with Crippen LogP contribution in [0.15, 0.2) is 38.7 Å². The molecule has 1 aromatic heterocycles. The maximum absolute atomic E-state index is 17.3. The Morgan fingerprint density at radius 2 is 1.91 bits per heavy atom. The van der Waals surface area contributed by atoms with Crippen molar-refractivity contribution in [2.75, 3.05) is 51.2 Å². The number of nitrogens with zero attached hydrogens (tertiary/aromatic N) is 5. The molecule has 3 saturated heterocycles. The van der Waals surface area contributed by atoms with Crippen LogP contribution in [0.25, 0.3) is 11.4 Å². The number of benzene rings is 2. The zero-order valence-electron chi connectivity index (χ0n) is 31.5. The van der Waals surface area contributed by atoms with Gasteiger partial charge in [-0.15, -0.1) is 0 Å². The second kappa shape index (κ2) is 16.6. The Kier molecular flexibility index (Phi) is 11.8. The van der Waals surface area contributed by atoms with E-state index < -0.39 is 34.5 Å². The number of anilines is 1. The number of aliphatic imine (C=N–C) groups is 1. The smallest absolute Gasteiger partial charge is 0.417 e. The topological polar surface area (TPSA) is 143 Å². The summed E-state index contributed by atoms with van der Waals surface area (Å²) < 4.78 is 88.9. The van der Waals surface area contributed by atoms with E-state index in [1.165, 1.54) is 0 Å². The number of aldehydes is 1. The van der Waals surface area contributed by atoms with E-state index in [9.17, 15) is 14.4 Å². The van der Waals surface area contributed by atoms with Gasteiger partial charge in [-0.1, -0.05) is 31.7 Å². The molecule has 2 aromatic carbocycles. The lowest BCUT2D eigenvalue weighted by atomic mass is 9.95. The van der Waals surface area contributed by atoms with Crippen molar-refractivity contribution in [3.05, 3.63) is 68.1 Å². The minimum absolute atomic E-state index is 0.0509. The van der Waals surface area contributed by atoms with Gasteiger partial charge in [-0.05, 0) is 79.8 Å². The number of nitrogens with one attached hydrogen (secondary N) is 3. The van der Waals surface area contributed by atoms with Crippen molar-refractivity contribution in [1.82, 2.24) is 20.3 Å². The third kappa shape index (κ3) is 8.17. The Labute approximate surface area is 329 Å². The predicted molar refractivity (Wildman–Crippen MR) is 205 cm³/mol. The third-order valence-electron chi connectivity index (χ3n) is 11.3. The summed E-state index contributed by atoms with van der Waals surface area (Å²) in [6.45, 7) is 10.9. The molecule has 11 nitrogen and oxygen atoms in total. The van der Waals surface area contributed by atoms with Gasteiger partial charge in [-0.25, -0.2) is 13.8 Å². The fraction of sp³-hybridized carbons (Fsp3) is 0.475. The predicted octanol–water partition coefficient (Wildman–Crippen LogP) is 5.36. The van der Waals surface area contributed by atoms with E-state index in [-0.39, 0.29) is 73.1 Å². The minimum Gasteiger partial charge on any atom is -0.475 e. The van der Waals surface area contributed by atoms with Crippen LogP contribution in [0.2, 0.25) is 0 Å². The number of halogens is 5. The van der Waals surface area contributed by atoms with E-state index in [1.54, 1.807) is 6.07 Å². The summed E-state index contributed by atoms with van der Waals surface area (Å²) in [7, 11) is 0. The molecule has 3 atom stereocenters. The number of likely N-dealkylation sites (tertiary alicyclic amines) is 2. The molecule has 3 aromatic rings. The molecular weight excluding hydrogens is 768 g/mol. The molecule has 2 bridgehead atoms. The van der Waals surface area contributed by atoms with Crippen LogP contribution >= 0.6 is 11.8 Å². The molecule has 5 heterocycles. The molecule has 0 saturated carbocycles. The quantitative estimate of drug-likeness (QED) is 0.124. The number of piperidine rings is 1. The zero-order chi connectivity index (χ0) is 40.6. The van der Waals surface area contributed by atoms with E-state index in [2.05, 4.69) is 32.4 Å². The van der Waals surface area contributed by atoms with Gasteiger partial charge >= 0.3 is 6.18 Å². The second-order valence-corrected chi connectivity index (χ2v) is 16.3. The van der Waals surface area contributed by atoms with Gasteiger partial charge in [-0.3, -0.25) is 5.41 Å². The Morgan fingerprint density at radius 1 is 1.19 bits per heavy atom. The summed E-state index contributed by atoms with van der Waals surface area (Å²) in [6.07, 6.45) is -0.864. The molecule has 0 amide bonds. The molecule has 0 radical (unpaired) electrons. The van der Waals surface area contributed by atoms with Crippen LogP contribution in [0.4, 0.5) is 27.6 Å². The number of hydrogen-bond acceptors (Lipinski definition) is 12. The van der Waals surface area contributed by atoms with Crippen LogP contribution in [0.1, 0.15) is 56.8 Å². The monoisotopic (exact) mass is 810 g/mol. The molecule has 57 heavy (non-hydrogen) atoms. The number of carbonyl (C=O) groups is 1. The Balaban J connectivity index is 1.20. The molecule has 17 heteroatoms. The van der Waals surface area contributed by atoms with Crippen LogP contribution in [0.5, 0.6) is 5.88 Å². The van der Waals surface area contributed by atoms with E-state index >= 15 is 17.6 Å². The highest BCUT2D eigenvalue weighted by Crippen LogP contribution is 2.35. The first kappa shape index (κ1) is 40.4. The molecular formula is C40H43F5N8O3S. The summed E-state index contributed by atoms with van der Waals surface area (Å²) >= 11 is 0.612. The van der Waals surface area contributed by atoms with Crippen molar-refractivity contribution >= 4 is 46.9 Å². The molecule has 3 N–H and O–H groups in total. The van der Waals surface area contributed by atoms with Crippen molar-refractivity contribution in [2.45, 2.75) is 68.6 Å². The number of ether oxygens (including phenoxy) is 1. The highest BCUT2D eigenvalue weighted by Gasteiger charge is 2.37. The van der Waals surface area contributed by atoms with Crippen LogP contribution in [-0.2, 0) is 11.0 Å². The van der Waals surface area contributed by atoms with Crippen LogP contribution in [0.3, 0.4) is 0 Å². The van der Waals surface area contributed by atoms with Gasteiger partial charge in [0.25, 0.3) is 5.88 Å². The van der Waals surface area contributed by atoms with Crippen molar-refractivity contribution in [1.29, 1.82) is 10.7 Å². The second-order valence-electron chi connectivity index (χ2n) is 15.3. The summed E-state index contributed by atoms with van der Waals surface area (Å²) in [5.74, 6) is -1.30. The van der Waals surface area contributed by atoms with Crippen molar-refractivity contribution < 1.29 is 36.0 Å². The molecule has 302 valence electrons. The Hall–Kier alpha value is -4.79. The van der Waals surface area contributed by atoms with E-state index in [4.69, 9.17) is 14.7 Å². The number of piperazine rings is 1. The lowest BCUT2D eigenvalue weighted by molar-refractivity contribution is -0.138. The fourth-order valence-electron chi connectivity index (χ4n) is 8.27. The maximum Gasteiger partial charge on any atom is 0.417 e. The normalized spacial score (nSPS) is 21.7. The number of hydrogen-bond donors (Lipinski definition) is 3. The number of aromatic nitrogens is 1. The average Bonchev–Trinajstić information content (AvgIpc) is 3.88. The Morgan fingerprint density at radius 3 is 2.54 bits per heavy atom. The van der Waals surface area contributed by atoms with Gasteiger partial charge in [0, 0.05) is 60.0 Å². The number of nitriles is 1. The first-order valence-electron chi connectivity index (χ1n) is 19.0. The zero-order valence-corrected chi connectivity index (χ0v) is 32.3. The van der Waals surface area contributed by atoms with Gasteiger partial charge < -0.3 is 34.5 Å². The van der Waals surface area contributed by atoms with Crippen molar-refractivity contribution in [3.63, 3.8) is 0 Å². The lowest BCUT2D eigenvalue weighted by Crippen LogP contribution is -2.51. The van der Waals surface area contributed by atoms with Crippen LogP contribution in [-0.4, -0.2) is 91.0 Å². The van der Waals surface area contributed by atoms with Gasteiger partial charge in [-0.2, -0.15) is 18.4 Å². The van der Waals surface area contributed by atoms with Crippen molar-refractivity contribution in [3.8, 4) is 11.9 Å². The van der Waals surface area contributed by atoms with Gasteiger partial charge in [0.05, 0.1) is 34.2 Å². The third-order valence-corrected chi connectivity index (χ3v) is 12.3. The Bertz CT molecular complexity index is 2330. The SMILES string of the molecule is C=N/C(=c1/cc(C(F)(F)F)/c(=c2/ccc(F)c3c2=C(C#N)C(=N)S3)c(F)c1NCCN1CCC(COc2cc(C(C=O)C(C)C)on2)CC1)N1CC2CCC(C1)N2. The fourth-order valence-corrected chi connectivity index (χ4v) is 9.20. The summed E-state index contributed by atoms with van der Waals surface area (Å²) in [4.78, 5) is 19.5. The van der Waals surface area contributed by atoms with Crippen LogP contribution < -0.4 is 25.8 Å². The molecule has 0 aliphatic carbocycles.